The third-order valence-electron chi connectivity index (χ3n) is 1.04. The Morgan fingerprint density at radius 1 is 1.88 bits per heavy atom. The van der Waals surface area contributed by atoms with Crippen molar-refractivity contribution in [2.45, 2.75) is 13.0 Å². The van der Waals surface area contributed by atoms with Crippen molar-refractivity contribution in [2.75, 3.05) is 12.8 Å². The van der Waals surface area contributed by atoms with Crippen LogP contribution in [0.25, 0.3) is 0 Å². The van der Waals surface area contributed by atoms with E-state index in [1.807, 2.05) is 7.05 Å². The fourth-order valence-corrected chi connectivity index (χ4v) is 1.53. The third-order valence-corrected chi connectivity index (χ3v) is 2.28. The van der Waals surface area contributed by atoms with Crippen molar-refractivity contribution in [3.8, 4) is 0 Å². The monoisotopic (exact) mass is 130 g/mol. The molecule has 0 aromatic rings. The quantitative estimate of drug-likeness (QED) is 0.522. The summed E-state index contributed by atoms with van der Waals surface area (Å²) < 4.78 is 0. The zero-order valence-corrected chi connectivity index (χ0v) is 5.96. The van der Waals surface area contributed by atoms with Crippen LogP contribution in [0.4, 0.5) is 0 Å². The van der Waals surface area contributed by atoms with E-state index in [1.54, 1.807) is 11.8 Å². The molecule has 0 aromatic heterocycles. The predicted molar refractivity (Wildman–Crippen MR) is 38.4 cm³/mol. The summed E-state index contributed by atoms with van der Waals surface area (Å²) in [6.45, 7) is 2.16. The summed E-state index contributed by atoms with van der Waals surface area (Å²) >= 11 is 1.79. The van der Waals surface area contributed by atoms with Crippen LogP contribution in [0, 0.1) is 0 Å². The van der Waals surface area contributed by atoms with Crippen LogP contribution in [-0.2, 0) is 0 Å². The van der Waals surface area contributed by atoms with Crippen LogP contribution in [-0.4, -0.2) is 24.0 Å². The van der Waals surface area contributed by atoms with Crippen molar-refractivity contribution >= 4 is 16.9 Å². The van der Waals surface area contributed by atoms with E-state index in [0.29, 0.717) is 6.04 Å². The zero-order valence-electron chi connectivity index (χ0n) is 5.14. The SMILES string of the molecule is CN=C1NC(C)CS1. The van der Waals surface area contributed by atoms with E-state index in [2.05, 4.69) is 17.2 Å². The Bertz CT molecular complexity index is 111. The van der Waals surface area contributed by atoms with Crippen molar-refractivity contribution in [3.63, 3.8) is 0 Å². The van der Waals surface area contributed by atoms with E-state index in [9.17, 15) is 0 Å². The lowest BCUT2D eigenvalue weighted by Crippen LogP contribution is -2.22. The molecule has 1 fully saturated rings. The van der Waals surface area contributed by atoms with Gasteiger partial charge in [0, 0.05) is 18.8 Å². The summed E-state index contributed by atoms with van der Waals surface area (Å²) in [6.07, 6.45) is 0. The van der Waals surface area contributed by atoms with Gasteiger partial charge in [-0.3, -0.25) is 4.99 Å². The molecule has 0 aromatic carbocycles. The zero-order chi connectivity index (χ0) is 5.98. The molecule has 2 nitrogen and oxygen atoms in total. The second-order valence-electron chi connectivity index (χ2n) is 1.89. The van der Waals surface area contributed by atoms with Crippen LogP contribution in [0.2, 0.25) is 0 Å². The maximum absolute atomic E-state index is 4.01. The second-order valence-corrected chi connectivity index (χ2v) is 2.89. The molecular weight excluding hydrogens is 120 g/mol. The van der Waals surface area contributed by atoms with Crippen LogP contribution >= 0.6 is 11.8 Å². The molecule has 0 spiro atoms. The van der Waals surface area contributed by atoms with Crippen molar-refractivity contribution in [2.24, 2.45) is 4.99 Å². The standard InChI is InChI=1S/C5H10N2S/c1-4-3-8-5(6-2)7-4/h4H,3H2,1-2H3,(H,6,7). The Morgan fingerprint density at radius 3 is 2.88 bits per heavy atom. The molecule has 46 valence electrons. The molecule has 1 heterocycles. The summed E-state index contributed by atoms with van der Waals surface area (Å²) in [5, 5.41) is 4.30. The summed E-state index contributed by atoms with van der Waals surface area (Å²) in [4.78, 5) is 4.01. The molecule has 1 atom stereocenters. The number of nitrogens with zero attached hydrogens (tertiary/aromatic N) is 1. The normalized spacial score (nSPS) is 33.2. The minimum absolute atomic E-state index is 0.610. The highest BCUT2D eigenvalue weighted by atomic mass is 32.2. The van der Waals surface area contributed by atoms with Crippen LogP contribution in [0.1, 0.15) is 6.92 Å². The highest BCUT2D eigenvalue weighted by molar-refractivity contribution is 8.14. The molecule has 0 radical (unpaired) electrons. The minimum atomic E-state index is 0.610. The molecule has 8 heavy (non-hydrogen) atoms. The largest absolute Gasteiger partial charge is 0.362 e. The molecule has 0 amide bonds. The Labute approximate surface area is 53.8 Å². The fourth-order valence-electron chi connectivity index (χ4n) is 0.627. The molecule has 0 aliphatic carbocycles. The average molecular weight is 130 g/mol. The molecular formula is C5H10N2S. The fraction of sp³-hybridized carbons (Fsp3) is 0.800. The van der Waals surface area contributed by atoms with E-state index in [-0.39, 0.29) is 0 Å². The van der Waals surface area contributed by atoms with E-state index in [0.717, 1.165) is 10.9 Å². The van der Waals surface area contributed by atoms with Crippen LogP contribution in [0.3, 0.4) is 0 Å². The highest BCUT2D eigenvalue weighted by Crippen LogP contribution is 2.11. The first-order chi connectivity index (χ1) is 3.83. The summed E-state index contributed by atoms with van der Waals surface area (Å²) in [5.41, 5.74) is 0. The first-order valence-electron chi connectivity index (χ1n) is 2.69. The third kappa shape index (κ3) is 1.15. The Hall–Kier alpha value is -0.180. The van der Waals surface area contributed by atoms with Crippen molar-refractivity contribution in [1.29, 1.82) is 0 Å². The van der Waals surface area contributed by atoms with Crippen LogP contribution in [0.5, 0.6) is 0 Å². The van der Waals surface area contributed by atoms with E-state index in [1.165, 1.54) is 0 Å². The highest BCUT2D eigenvalue weighted by Gasteiger charge is 2.13. The molecule has 0 saturated carbocycles. The maximum Gasteiger partial charge on any atom is 0.156 e. The van der Waals surface area contributed by atoms with E-state index in [4.69, 9.17) is 0 Å². The number of hydrogen-bond acceptors (Lipinski definition) is 2. The van der Waals surface area contributed by atoms with Gasteiger partial charge in [0.05, 0.1) is 0 Å². The van der Waals surface area contributed by atoms with Crippen molar-refractivity contribution in [1.82, 2.24) is 5.32 Å². The smallest absolute Gasteiger partial charge is 0.156 e. The number of rotatable bonds is 0. The van der Waals surface area contributed by atoms with Gasteiger partial charge in [0.25, 0.3) is 0 Å². The Balaban J connectivity index is 2.44. The minimum Gasteiger partial charge on any atom is -0.362 e. The maximum atomic E-state index is 4.01. The Kier molecular flexibility index (Phi) is 1.78. The molecule has 3 heteroatoms. The first-order valence-corrected chi connectivity index (χ1v) is 3.67. The van der Waals surface area contributed by atoms with Crippen LogP contribution < -0.4 is 5.32 Å². The van der Waals surface area contributed by atoms with E-state index >= 15 is 0 Å². The number of amidine groups is 1. The van der Waals surface area contributed by atoms with Crippen LogP contribution in [0.15, 0.2) is 4.99 Å². The van der Waals surface area contributed by atoms with Crippen molar-refractivity contribution in [3.05, 3.63) is 0 Å². The van der Waals surface area contributed by atoms with Gasteiger partial charge in [-0.15, -0.1) is 0 Å². The van der Waals surface area contributed by atoms with Gasteiger partial charge in [-0.1, -0.05) is 11.8 Å². The second kappa shape index (κ2) is 2.40. The molecule has 0 bridgehead atoms. The predicted octanol–water partition coefficient (Wildman–Crippen LogP) is 0.697. The number of nitrogens with one attached hydrogen (secondary N) is 1. The number of aliphatic imine (C=N–C) groups is 1. The molecule has 1 saturated heterocycles. The average Bonchev–Trinajstić information content (AvgIpc) is 2.14. The van der Waals surface area contributed by atoms with Gasteiger partial charge >= 0.3 is 0 Å². The molecule has 1 unspecified atom stereocenters. The van der Waals surface area contributed by atoms with Gasteiger partial charge in [-0.2, -0.15) is 0 Å². The lowest BCUT2D eigenvalue weighted by atomic mass is 10.4. The van der Waals surface area contributed by atoms with Gasteiger partial charge in [-0.05, 0) is 6.92 Å². The Morgan fingerprint density at radius 2 is 2.62 bits per heavy atom. The summed E-state index contributed by atoms with van der Waals surface area (Å²) in [7, 11) is 1.81. The molecule has 1 aliphatic rings. The summed E-state index contributed by atoms with van der Waals surface area (Å²) in [6, 6.07) is 0.610. The molecule has 1 N–H and O–H groups in total. The van der Waals surface area contributed by atoms with Gasteiger partial charge in [-0.25, -0.2) is 0 Å². The number of thioether (sulfide) groups is 1. The molecule has 1 rings (SSSR count). The van der Waals surface area contributed by atoms with Crippen molar-refractivity contribution < 1.29 is 0 Å². The van der Waals surface area contributed by atoms with Gasteiger partial charge in [0.15, 0.2) is 5.17 Å². The van der Waals surface area contributed by atoms with Gasteiger partial charge in [0.2, 0.25) is 0 Å². The van der Waals surface area contributed by atoms with E-state index < -0.39 is 0 Å². The van der Waals surface area contributed by atoms with Gasteiger partial charge in [0.1, 0.15) is 0 Å². The van der Waals surface area contributed by atoms with Gasteiger partial charge < -0.3 is 5.32 Å². The first kappa shape index (κ1) is 5.95. The lowest BCUT2D eigenvalue weighted by Gasteiger charge is -1.97. The topological polar surface area (TPSA) is 24.4 Å². The summed E-state index contributed by atoms with van der Waals surface area (Å²) in [5.74, 6) is 1.16. The molecule has 1 aliphatic heterocycles. The lowest BCUT2D eigenvalue weighted by molar-refractivity contribution is 0.767. The number of hydrogen-bond donors (Lipinski definition) is 1.